The van der Waals surface area contributed by atoms with E-state index < -0.39 is 11.9 Å². The number of carbonyl (C=O) groups is 3. The molecule has 2 aliphatic heterocycles. The minimum absolute atomic E-state index is 0.0444. The van der Waals surface area contributed by atoms with Crippen molar-refractivity contribution in [2.45, 2.75) is 25.8 Å². The van der Waals surface area contributed by atoms with Crippen LogP contribution in [-0.4, -0.2) is 58.6 Å². The van der Waals surface area contributed by atoms with Crippen LogP contribution in [0.15, 0.2) is 64.6 Å². The van der Waals surface area contributed by atoms with Crippen LogP contribution < -0.4 is 5.32 Å². The van der Waals surface area contributed by atoms with Crippen molar-refractivity contribution < 1.29 is 19.1 Å². The number of amides is 2. The number of nitrogens with one attached hydrogen (secondary N) is 1. The molecule has 170 valence electrons. The lowest BCUT2D eigenvalue weighted by Gasteiger charge is -2.30. The Morgan fingerprint density at radius 2 is 1.85 bits per heavy atom. The molecule has 0 aliphatic carbocycles. The average molecular weight is 465 g/mol. The number of hydrogen-bond acceptors (Lipinski definition) is 7. The average Bonchev–Trinajstić information content (AvgIpc) is 3.14. The molecule has 1 atom stereocenters. The first-order valence-electron chi connectivity index (χ1n) is 10.8. The van der Waals surface area contributed by atoms with Gasteiger partial charge in [0.15, 0.2) is 5.17 Å². The molecule has 2 aromatic carbocycles. The van der Waals surface area contributed by atoms with Gasteiger partial charge in [-0.1, -0.05) is 54.2 Å². The Hall–Kier alpha value is -3.46. The molecule has 2 amide bonds. The second-order valence-corrected chi connectivity index (χ2v) is 8.40. The second-order valence-electron chi connectivity index (χ2n) is 7.45. The van der Waals surface area contributed by atoms with E-state index >= 15 is 0 Å². The number of hydrogen-bond donors (Lipinski definition) is 1. The highest BCUT2D eigenvalue weighted by atomic mass is 32.2. The molecular formula is C24H24N4O4S. The second kappa shape index (κ2) is 10.4. The number of fused-ring (bicyclic) bond motifs is 3. The van der Waals surface area contributed by atoms with Crippen LogP contribution in [-0.2, 0) is 25.5 Å². The van der Waals surface area contributed by atoms with Gasteiger partial charge in [-0.15, -0.1) is 0 Å². The fourth-order valence-electron chi connectivity index (χ4n) is 3.67. The molecule has 1 unspecified atom stereocenters. The summed E-state index contributed by atoms with van der Waals surface area (Å²) in [4.78, 5) is 47.9. The lowest BCUT2D eigenvalue weighted by Crippen LogP contribution is -2.46. The summed E-state index contributed by atoms with van der Waals surface area (Å²) in [5.41, 5.74) is 2.51. The number of esters is 1. The molecule has 0 radical (unpaired) electrons. The quantitative estimate of drug-likeness (QED) is 0.603. The molecule has 2 aliphatic rings. The van der Waals surface area contributed by atoms with E-state index in [-0.39, 0.29) is 30.7 Å². The maximum atomic E-state index is 12.8. The maximum absolute atomic E-state index is 12.8. The minimum Gasteiger partial charge on any atom is -0.465 e. The van der Waals surface area contributed by atoms with E-state index in [1.165, 1.54) is 11.8 Å². The Morgan fingerprint density at radius 3 is 2.64 bits per heavy atom. The molecule has 2 aromatic rings. The Morgan fingerprint density at radius 1 is 1.09 bits per heavy atom. The first-order chi connectivity index (χ1) is 16.1. The highest BCUT2D eigenvalue weighted by Crippen LogP contribution is 2.34. The molecular weight excluding hydrogens is 440 g/mol. The van der Waals surface area contributed by atoms with Crippen molar-refractivity contribution in [1.29, 1.82) is 0 Å². The van der Waals surface area contributed by atoms with Gasteiger partial charge in [-0.3, -0.25) is 19.3 Å². The summed E-state index contributed by atoms with van der Waals surface area (Å²) >= 11 is 1.17. The third-order valence-electron chi connectivity index (χ3n) is 5.19. The molecule has 4 rings (SSSR count). The van der Waals surface area contributed by atoms with Crippen LogP contribution in [0, 0.1) is 0 Å². The van der Waals surface area contributed by atoms with Crippen LogP contribution >= 0.6 is 11.8 Å². The highest BCUT2D eigenvalue weighted by Gasteiger charge is 2.42. The number of benzene rings is 2. The number of rotatable bonds is 8. The summed E-state index contributed by atoms with van der Waals surface area (Å²) in [7, 11) is 0. The zero-order chi connectivity index (χ0) is 23.2. The van der Waals surface area contributed by atoms with Gasteiger partial charge in [0.05, 0.1) is 24.5 Å². The number of nitrogens with zero attached hydrogens (tertiary/aromatic N) is 3. The van der Waals surface area contributed by atoms with Gasteiger partial charge in [-0.2, -0.15) is 4.99 Å². The zero-order valence-electron chi connectivity index (χ0n) is 18.2. The minimum atomic E-state index is -0.807. The summed E-state index contributed by atoms with van der Waals surface area (Å²) < 4.78 is 5.01. The van der Waals surface area contributed by atoms with Crippen molar-refractivity contribution in [3.05, 3.63) is 65.7 Å². The van der Waals surface area contributed by atoms with E-state index in [1.54, 1.807) is 11.8 Å². The van der Waals surface area contributed by atoms with Crippen LogP contribution in [0.2, 0.25) is 0 Å². The predicted molar refractivity (Wildman–Crippen MR) is 128 cm³/mol. The summed E-state index contributed by atoms with van der Waals surface area (Å²) in [6.07, 6.45) is 0.647. The van der Waals surface area contributed by atoms with Crippen LogP contribution in [0.25, 0.3) is 0 Å². The molecule has 0 spiro atoms. The number of carbonyl (C=O) groups excluding carboxylic acids is 3. The number of ether oxygens (including phenoxy) is 1. The molecule has 33 heavy (non-hydrogen) atoms. The van der Waals surface area contributed by atoms with Crippen LogP contribution in [0.1, 0.15) is 24.5 Å². The maximum Gasteiger partial charge on any atom is 0.316 e. The molecule has 0 bridgehead atoms. The van der Waals surface area contributed by atoms with Crippen molar-refractivity contribution in [3.63, 3.8) is 0 Å². The Balaban J connectivity index is 1.47. The lowest BCUT2D eigenvalue weighted by molar-refractivity contribution is -0.139. The number of thioether (sulfide) groups is 1. The first-order valence-corrected chi connectivity index (χ1v) is 11.7. The van der Waals surface area contributed by atoms with Gasteiger partial charge in [0.25, 0.3) is 5.91 Å². The Kier molecular flexibility index (Phi) is 7.19. The monoisotopic (exact) mass is 464 g/mol. The summed E-state index contributed by atoms with van der Waals surface area (Å²) in [6.45, 7) is 2.50. The zero-order valence-corrected chi connectivity index (χ0v) is 19.0. The van der Waals surface area contributed by atoms with Gasteiger partial charge in [-0.05, 0) is 31.0 Å². The van der Waals surface area contributed by atoms with Crippen LogP contribution in [0.4, 0.5) is 5.69 Å². The molecule has 2 heterocycles. The van der Waals surface area contributed by atoms with Gasteiger partial charge in [0, 0.05) is 12.1 Å². The van der Waals surface area contributed by atoms with Crippen molar-refractivity contribution in [2.24, 2.45) is 9.98 Å². The summed E-state index contributed by atoms with van der Waals surface area (Å²) in [6, 6.07) is 16.4. The van der Waals surface area contributed by atoms with E-state index in [0.717, 1.165) is 11.1 Å². The fourth-order valence-corrected chi connectivity index (χ4v) is 4.51. The molecule has 0 saturated carbocycles. The molecule has 1 N–H and O–H groups in total. The van der Waals surface area contributed by atoms with Crippen LogP contribution in [0.5, 0.6) is 0 Å². The van der Waals surface area contributed by atoms with E-state index in [1.807, 2.05) is 54.6 Å². The third kappa shape index (κ3) is 5.31. The Bertz CT molecular complexity index is 1120. The van der Waals surface area contributed by atoms with Gasteiger partial charge >= 0.3 is 5.97 Å². The molecule has 8 nitrogen and oxygen atoms in total. The van der Waals surface area contributed by atoms with Crippen molar-refractivity contribution >= 4 is 46.2 Å². The number of para-hydroxylation sites is 1. The molecule has 0 saturated heterocycles. The summed E-state index contributed by atoms with van der Waals surface area (Å²) in [5, 5.41) is 3.34. The van der Waals surface area contributed by atoms with E-state index in [4.69, 9.17) is 4.74 Å². The number of aliphatic imine (C=N–C) groups is 2. The van der Waals surface area contributed by atoms with E-state index in [9.17, 15) is 14.4 Å². The van der Waals surface area contributed by atoms with E-state index in [0.29, 0.717) is 29.7 Å². The van der Waals surface area contributed by atoms with Crippen molar-refractivity contribution in [1.82, 2.24) is 10.2 Å². The fraction of sp³-hybridized carbons (Fsp3) is 0.292. The van der Waals surface area contributed by atoms with Gasteiger partial charge < -0.3 is 10.1 Å². The van der Waals surface area contributed by atoms with Gasteiger partial charge in [0.2, 0.25) is 5.91 Å². The largest absolute Gasteiger partial charge is 0.465 e. The highest BCUT2D eigenvalue weighted by molar-refractivity contribution is 8.14. The lowest BCUT2D eigenvalue weighted by atomic mass is 10.1. The normalized spacial score (nSPS) is 16.5. The standard InChI is InChI=1S/C24H24N4O4S/c1-2-32-21(30)15-33-24-26-18-11-7-6-10-17(18)22-27-23(31)19(28(22)24)14-20(29)25-13-12-16-8-4-3-5-9-16/h3-11,19H,2,12-15H2,1H3,(H,25,29). The first kappa shape index (κ1) is 22.7. The topological polar surface area (TPSA) is 100 Å². The molecule has 9 heteroatoms. The Labute approximate surface area is 196 Å². The molecule has 0 aromatic heterocycles. The number of amidine groups is 2. The van der Waals surface area contributed by atoms with E-state index in [2.05, 4.69) is 15.3 Å². The predicted octanol–water partition coefficient (Wildman–Crippen LogP) is 2.69. The summed E-state index contributed by atoms with van der Waals surface area (Å²) in [5.74, 6) is -0.510. The smallest absolute Gasteiger partial charge is 0.316 e. The van der Waals surface area contributed by atoms with Crippen molar-refractivity contribution in [2.75, 3.05) is 18.9 Å². The van der Waals surface area contributed by atoms with Crippen molar-refractivity contribution in [3.8, 4) is 0 Å². The SMILES string of the molecule is CCOC(=O)CSC1=Nc2ccccc2C2=NC(=O)C(CC(=O)NCCc3ccccc3)N12. The third-order valence-corrected chi connectivity index (χ3v) is 6.12. The molecule has 0 fully saturated rings. The van der Waals surface area contributed by atoms with Gasteiger partial charge in [-0.25, -0.2) is 4.99 Å². The van der Waals surface area contributed by atoms with Gasteiger partial charge in [0.1, 0.15) is 11.9 Å². The van der Waals surface area contributed by atoms with Crippen LogP contribution in [0.3, 0.4) is 0 Å².